The molecule has 1 aliphatic rings. The quantitative estimate of drug-likeness (QED) is 0.719. The Morgan fingerprint density at radius 3 is 2.41 bits per heavy atom. The van der Waals surface area contributed by atoms with Crippen LogP contribution in [0.1, 0.15) is 58.8 Å². The molecule has 1 fully saturated rings. The van der Waals surface area contributed by atoms with Gasteiger partial charge < -0.3 is 10.4 Å². The maximum Gasteiger partial charge on any atom is 0.0693 e. The van der Waals surface area contributed by atoms with E-state index < -0.39 is 0 Å². The van der Waals surface area contributed by atoms with Gasteiger partial charge in [0, 0.05) is 17.3 Å². The molecule has 0 aromatic carbocycles. The first-order chi connectivity index (χ1) is 8.17. The van der Waals surface area contributed by atoms with E-state index in [0.717, 1.165) is 19.4 Å². The maximum absolute atomic E-state index is 10.1. The van der Waals surface area contributed by atoms with Crippen LogP contribution in [0.3, 0.4) is 0 Å². The van der Waals surface area contributed by atoms with Crippen LogP contribution in [0, 0.1) is 0 Å². The van der Waals surface area contributed by atoms with Crippen molar-refractivity contribution in [2.45, 2.75) is 75.7 Å². The zero-order chi connectivity index (χ0) is 12.7. The third-order valence-corrected chi connectivity index (χ3v) is 5.98. The SMILES string of the molecule is CCC(CC)(CNC1CCCCCC1O)SC. The van der Waals surface area contributed by atoms with Gasteiger partial charge in [-0.3, -0.25) is 0 Å². The van der Waals surface area contributed by atoms with Crippen LogP contribution in [0.4, 0.5) is 0 Å². The second-order valence-electron chi connectivity index (χ2n) is 5.29. The Kier molecular flexibility index (Phi) is 6.90. The third-order valence-electron chi connectivity index (χ3n) is 4.39. The van der Waals surface area contributed by atoms with Crippen molar-refractivity contribution < 1.29 is 5.11 Å². The Labute approximate surface area is 111 Å². The lowest BCUT2D eigenvalue weighted by molar-refractivity contribution is 0.118. The molecular weight excluding hydrogens is 230 g/mol. The van der Waals surface area contributed by atoms with Crippen molar-refractivity contribution in [3.05, 3.63) is 0 Å². The summed E-state index contributed by atoms with van der Waals surface area (Å²) >= 11 is 1.97. The molecule has 17 heavy (non-hydrogen) atoms. The normalized spacial score (nSPS) is 26.8. The van der Waals surface area contributed by atoms with Crippen LogP contribution < -0.4 is 5.32 Å². The van der Waals surface area contributed by atoms with Crippen LogP contribution in [-0.4, -0.2) is 34.8 Å². The molecule has 2 atom stereocenters. The van der Waals surface area contributed by atoms with Gasteiger partial charge in [0.25, 0.3) is 0 Å². The topological polar surface area (TPSA) is 32.3 Å². The molecule has 3 heteroatoms. The van der Waals surface area contributed by atoms with E-state index in [1.54, 1.807) is 0 Å². The summed E-state index contributed by atoms with van der Waals surface area (Å²) in [6, 6.07) is 0.321. The summed E-state index contributed by atoms with van der Waals surface area (Å²) in [5.74, 6) is 0. The summed E-state index contributed by atoms with van der Waals surface area (Å²) in [5, 5.41) is 13.7. The van der Waals surface area contributed by atoms with Crippen molar-refractivity contribution in [1.82, 2.24) is 5.32 Å². The first kappa shape index (κ1) is 15.3. The van der Waals surface area contributed by atoms with E-state index in [1.807, 2.05) is 11.8 Å². The third kappa shape index (κ3) is 4.46. The van der Waals surface area contributed by atoms with Crippen LogP contribution in [0.5, 0.6) is 0 Å². The zero-order valence-electron chi connectivity index (χ0n) is 11.7. The molecule has 0 amide bonds. The van der Waals surface area contributed by atoms with E-state index in [0.29, 0.717) is 10.8 Å². The van der Waals surface area contributed by atoms with Crippen molar-refractivity contribution in [1.29, 1.82) is 0 Å². The molecule has 2 unspecified atom stereocenters. The number of hydrogen-bond acceptors (Lipinski definition) is 3. The van der Waals surface area contributed by atoms with Crippen LogP contribution in [0.15, 0.2) is 0 Å². The summed E-state index contributed by atoms with van der Waals surface area (Å²) in [5.41, 5.74) is 0. The van der Waals surface area contributed by atoms with Crippen molar-refractivity contribution in [2.75, 3.05) is 12.8 Å². The van der Waals surface area contributed by atoms with Crippen molar-refractivity contribution >= 4 is 11.8 Å². The van der Waals surface area contributed by atoms with Gasteiger partial charge in [-0.25, -0.2) is 0 Å². The van der Waals surface area contributed by atoms with E-state index in [4.69, 9.17) is 0 Å². The number of hydrogen-bond donors (Lipinski definition) is 2. The summed E-state index contributed by atoms with van der Waals surface area (Å²) in [4.78, 5) is 0. The summed E-state index contributed by atoms with van der Waals surface area (Å²) in [7, 11) is 0. The molecule has 0 radical (unpaired) electrons. The molecular formula is C14H29NOS. The molecule has 0 aliphatic heterocycles. The van der Waals surface area contributed by atoms with E-state index in [9.17, 15) is 5.11 Å². The summed E-state index contributed by atoms with van der Waals surface area (Å²) in [6.45, 7) is 5.57. The lowest BCUT2D eigenvalue weighted by Gasteiger charge is -2.33. The van der Waals surface area contributed by atoms with E-state index in [1.165, 1.54) is 32.1 Å². The smallest absolute Gasteiger partial charge is 0.0693 e. The summed E-state index contributed by atoms with van der Waals surface area (Å²) in [6.07, 6.45) is 10.3. The highest BCUT2D eigenvalue weighted by Gasteiger charge is 2.28. The van der Waals surface area contributed by atoms with Gasteiger partial charge in [0.1, 0.15) is 0 Å². The lowest BCUT2D eigenvalue weighted by atomic mass is 10.00. The molecule has 102 valence electrons. The minimum atomic E-state index is -0.134. The Hall–Kier alpha value is 0.270. The van der Waals surface area contributed by atoms with E-state index in [2.05, 4.69) is 25.4 Å². The van der Waals surface area contributed by atoms with Gasteiger partial charge in [0.2, 0.25) is 0 Å². The predicted molar refractivity (Wildman–Crippen MR) is 77.7 cm³/mol. The zero-order valence-corrected chi connectivity index (χ0v) is 12.5. The van der Waals surface area contributed by atoms with Gasteiger partial charge >= 0.3 is 0 Å². The number of nitrogens with one attached hydrogen (secondary N) is 1. The predicted octanol–water partition coefficient (Wildman–Crippen LogP) is 3.19. The van der Waals surface area contributed by atoms with Crippen LogP contribution in [0.25, 0.3) is 0 Å². The fourth-order valence-electron chi connectivity index (χ4n) is 2.70. The molecule has 0 aromatic heterocycles. The highest BCUT2D eigenvalue weighted by molar-refractivity contribution is 8.00. The van der Waals surface area contributed by atoms with E-state index >= 15 is 0 Å². The summed E-state index contributed by atoms with van der Waals surface area (Å²) < 4.78 is 0.353. The highest BCUT2D eigenvalue weighted by atomic mass is 32.2. The number of thioether (sulfide) groups is 1. The molecule has 0 bridgehead atoms. The number of aliphatic hydroxyl groups excluding tert-OH is 1. The van der Waals surface area contributed by atoms with Crippen LogP contribution in [-0.2, 0) is 0 Å². The maximum atomic E-state index is 10.1. The van der Waals surface area contributed by atoms with Gasteiger partial charge in [-0.15, -0.1) is 0 Å². The second-order valence-corrected chi connectivity index (χ2v) is 6.56. The van der Waals surface area contributed by atoms with Gasteiger partial charge in [-0.2, -0.15) is 11.8 Å². The average molecular weight is 259 g/mol. The first-order valence-corrected chi connectivity index (χ1v) is 8.36. The molecule has 0 heterocycles. The minimum Gasteiger partial charge on any atom is -0.392 e. The fourth-order valence-corrected chi connectivity index (χ4v) is 3.51. The average Bonchev–Trinajstić information content (AvgIpc) is 2.57. The van der Waals surface area contributed by atoms with Crippen LogP contribution in [0.2, 0.25) is 0 Å². The monoisotopic (exact) mass is 259 g/mol. The number of rotatable bonds is 6. The fraction of sp³-hybridized carbons (Fsp3) is 1.00. The van der Waals surface area contributed by atoms with Crippen molar-refractivity contribution in [3.63, 3.8) is 0 Å². The molecule has 0 spiro atoms. The standard InChI is InChI=1S/C14H29NOS/c1-4-14(5-2,17-3)11-15-12-9-7-6-8-10-13(12)16/h12-13,15-16H,4-11H2,1-3H3. The molecule has 1 rings (SSSR count). The van der Waals surface area contributed by atoms with Gasteiger partial charge in [0.15, 0.2) is 0 Å². The Morgan fingerprint density at radius 1 is 1.18 bits per heavy atom. The number of aliphatic hydroxyl groups is 1. The van der Waals surface area contributed by atoms with Gasteiger partial charge in [-0.05, 0) is 31.9 Å². The second kappa shape index (κ2) is 7.65. The molecule has 2 N–H and O–H groups in total. The molecule has 0 saturated heterocycles. The molecule has 1 aliphatic carbocycles. The Bertz CT molecular complexity index is 198. The van der Waals surface area contributed by atoms with Crippen LogP contribution >= 0.6 is 11.8 Å². The van der Waals surface area contributed by atoms with Crippen molar-refractivity contribution in [2.24, 2.45) is 0 Å². The largest absolute Gasteiger partial charge is 0.392 e. The minimum absolute atomic E-state index is 0.134. The Morgan fingerprint density at radius 2 is 1.82 bits per heavy atom. The Balaban J connectivity index is 2.46. The van der Waals surface area contributed by atoms with Gasteiger partial charge in [0.05, 0.1) is 6.10 Å². The lowest BCUT2D eigenvalue weighted by Crippen LogP contribution is -2.46. The highest BCUT2D eigenvalue weighted by Crippen LogP contribution is 2.30. The molecule has 2 nitrogen and oxygen atoms in total. The molecule has 1 saturated carbocycles. The van der Waals surface area contributed by atoms with E-state index in [-0.39, 0.29) is 6.10 Å². The van der Waals surface area contributed by atoms with Gasteiger partial charge in [-0.1, -0.05) is 33.1 Å². The van der Waals surface area contributed by atoms with Crippen molar-refractivity contribution in [3.8, 4) is 0 Å². The molecule has 0 aromatic rings. The first-order valence-electron chi connectivity index (χ1n) is 7.14.